The summed E-state index contributed by atoms with van der Waals surface area (Å²) < 4.78 is 53.7. The molecule has 27 heavy (non-hydrogen) atoms. The van der Waals surface area contributed by atoms with Crippen molar-refractivity contribution < 1.29 is 22.3 Å². The molecule has 1 heterocycles. The van der Waals surface area contributed by atoms with Gasteiger partial charge in [-0.25, -0.2) is 12.8 Å². The lowest BCUT2D eigenvalue weighted by Crippen LogP contribution is -2.38. The highest BCUT2D eigenvalue weighted by Gasteiger charge is 2.29. The van der Waals surface area contributed by atoms with Crippen molar-refractivity contribution in [3.05, 3.63) is 46.2 Å². The van der Waals surface area contributed by atoms with E-state index in [1.165, 1.54) is 12.1 Å². The highest BCUT2D eigenvalue weighted by atomic mass is 79.9. The molecule has 1 aliphatic heterocycles. The predicted octanol–water partition coefficient (Wildman–Crippen LogP) is 3.26. The van der Waals surface area contributed by atoms with Gasteiger partial charge in [-0.05, 0) is 50.8 Å². The van der Waals surface area contributed by atoms with Gasteiger partial charge in [-0.1, -0.05) is 15.9 Å². The van der Waals surface area contributed by atoms with Crippen LogP contribution in [0.2, 0.25) is 0 Å². The number of ether oxygens (including phenoxy) is 2. The van der Waals surface area contributed by atoms with Crippen molar-refractivity contribution in [2.75, 3.05) is 32.5 Å². The van der Waals surface area contributed by atoms with Gasteiger partial charge in [-0.2, -0.15) is 0 Å². The maximum Gasteiger partial charge on any atom is 0.264 e. The third-order valence-corrected chi connectivity index (χ3v) is 6.35. The van der Waals surface area contributed by atoms with E-state index in [1.54, 1.807) is 19.2 Å². The molecule has 0 aliphatic carbocycles. The number of nitrogens with one attached hydrogen (secondary N) is 1. The summed E-state index contributed by atoms with van der Waals surface area (Å²) in [4.78, 5) is 1.61. The van der Waals surface area contributed by atoms with Crippen LogP contribution < -0.4 is 14.2 Å². The summed E-state index contributed by atoms with van der Waals surface area (Å²) in [7, 11) is 1.34. The number of likely N-dealkylation sites (N-methyl/N-ethyl adjacent to an activating group) is 1. The molecule has 0 bridgehead atoms. The Labute approximate surface area is 166 Å². The maximum atomic E-state index is 14.1. The lowest BCUT2D eigenvalue weighted by molar-refractivity contribution is 0.164. The van der Waals surface area contributed by atoms with Crippen LogP contribution in [0.15, 0.2) is 39.7 Å². The number of anilines is 1. The second-order valence-electron chi connectivity index (χ2n) is 6.44. The van der Waals surface area contributed by atoms with Gasteiger partial charge in [0.1, 0.15) is 28.8 Å². The number of fused-ring (bicyclic) bond motifs is 1. The number of hydrogen-bond acceptors (Lipinski definition) is 5. The highest BCUT2D eigenvalue weighted by molar-refractivity contribution is 9.10. The average molecular weight is 459 g/mol. The van der Waals surface area contributed by atoms with E-state index in [-0.39, 0.29) is 11.7 Å². The SMILES string of the molecule is COc1ccc(NS(=O)(=O)c2ccc(Br)cc2F)c2c1C[C@@H](N(C)C)CO2. The first-order valence-corrected chi connectivity index (χ1v) is 10.5. The van der Waals surface area contributed by atoms with Crippen LogP contribution in [0.5, 0.6) is 11.5 Å². The second-order valence-corrected chi connectivity index (χ2v) is 9.00. The van der Waals surface area contributed by atoms with E-state index in [0.717, 1.165) is 11.6 Å². The zero-order valence-electron chi connectivity index (χ0n) is 15.1. The van der Waals surface area contributed by atoms with Crippen molar-refractivity contribution in [1.82, 2.24) is 4.90 Å². The van der Waals surface area contributed by atoms with Gasteiger partial charge in [0, 0.05) is 16.1 Å². The Kier molecular flexibility index (Phi) is 5.64. The van der Waals surface area contributed by atoms with Crippen LogP contribution in [0.3, 0.4) is 0 Å². The zero-order valence-corrected chi connectivity index (χ0v) is 17.5. The Morgan fingerprint density at radius 1 is 1.30 bits per heavy atom. The standard InChI is InChI=1S/C18H20BrFN2O4S/c1-22(2)12-9-13-16(25-3)6-5-15(18(13)26-10-12)21-27(23,24)17-7-4-11(19)8-14(17)20/h4-8,12,21H,9-10H2,1-3H3/t12-/m1/s1. The van der Waals surface area contributed by atoms with Crippen LogP contribution in [0, 0.1) is 5.82 Å². The van der Waals surface area contributed by atoms with Gasteiger partial charge in [0.25, 0.3) is 10.0 Å². The lowest BCUT2D eigenvalue weighted by Gasteiger charge is -2.32. The summed E-state index contributed by atoms with van der Waals surface area (Å²) in [5, 5.41) is 0. The minimum Gasteiger partial charge on any atom is -0.496 e. The molecule has 0 unspecified atom stereocenters. The summed E-state index contributed by atoms with van der Waals surface area (Å²) in [6.45, 7) is 0.411. The molecule has 2 aromatic rings. The third kappa shape index (κ3) is 4.04. The fourth-order valence-corrected chi connectivity index (χ4v) is 4.39. The van der Waals surface area contributed by atoms with Gasteiger partial charge in [-0.3, -0.25) is 4.72 Å². The van der Waals surface area contributed by atoms with Crippen molar-refractivity contribution >= 4 is 31.6 Å². The molecular formula is C18H20BrFN2O4S. The molecule has 9 heteroatoms. The van der Waals surface area contributed by atoms with Crippen molar-refractivity contribution in [2.45, 2.75) is 17.4 Å². The van der Waals surface area contributed by atoms with E-state index in [2.05, 4.69) is 20.7 Å². The molecular weight excluding hydrogens is 439 g/mol. The first kappa shape index (κ1) is 19.9. The Bertz CT molecular complexity index is 966. The monoisotopic (exact) mass is 458 g/mol. The minimum absolute atomic E-state index is 0.141. The minimum atomic E-state index is -4.12. The molecule has 2 aromatic carbocycles. The van der Waals surface area contributed by atoms with Crippen molar-refractivity contribution in [3.63, 3.8) is 0 Å². The molecule has 0 amide bonds. The van der Waals surface area contributed by atoms with E-state index in [9.17, 15) is 12.8 Å². The molecule has 0 saturated heterocycles. The normalized spacial score (nSPS) is 16.6. The molecule has 1 aliphatic rings. The molecule has 0 saturated carbocycles. The van der Waals surface area contributed by atoms with E-state index < -0.39 is 20.7 Å². The zero-order chi connectivity index (χ0) is 19.8. The van der Waals surface area contributed by atoms with Gasteiger partial charge in [0.2, 0.25) is 0 Å². The van der Waals surface area contributed by atoms with Crippen LogP contribution in [-0.4, -0.2) is 47.2 Å². The summed E-state index contributed by atoms with van der Waals surface area (Å²) in [5.74, 6) is 0.190. The molecule has 146 valence electrons. The fourth-order valence-electron chi connectivity index (χ4n) is 2.94. The van der Waals surface area contributed by atoms with E-state index in [1.807, 2.05) is 19.0 Å². The lowest BCUT2D eigenvalue weighted by atomic mass is 10.00. The summed E-state index contributed by atoms with van der Waals surface area (Å²) in [6.07, 6.45) is 0.647. The third-order valence-electron chi connectivity index (χ3n) is 4.46. The van der Waals surface area contributed by atoms with E-state index >= 15 is 0 Å². The summed E-state index contributed by atoms with van der Waals surface area (Å²) in [6, 6.07) is 7.16. The van der Waals surface area contributed by atoms with Crippen LogP contribution >= 0.6 is 15.9 Å². The van der Waals surface area contributed by atoms with E-state index in [4.69, 9.17) is 9.47 Å². The molecule has 0 fully saturated rings. The topological polar surface area (TPSA) is 67.9 Å². The van der Waals surface area contributed by atoms with Gasteiger partial charge in [0.15, 0.2) is 0 Å². The number of rotatable bonds is 5. The van der Waals surface area contributed by atoms with Crippen LogP contribution in [-0.2, 0) is 16.4 Å². The Balaban J connectivity index is 2.00. The molecule has 1 atom stereocenters. The number of methoxy groups -OCH3 is 1. The van der Waals surface area contributed by atoms with Crippen molar-refractivity contribution in [1.29, 1.82) is 0 Å². The van der Waals surface area contributed by atoms with Crippen molar-refractivity contribution in [3.8, 4) is 11.5 Å². The Morgan fingerprint density at radius 2 is 2.04 bits per heavy atom. The highest BCUT2D eigenvalue weighted by Crippen LogP contribution is 2.40. The van der Waals surface area contributed by atoms with Crippen molar-refractivity contribution in [2.24, 2.45) is 0 Å². The maximum absolute atomic E-state index is 14.1. The summed E-state index contributed by atoms with van der Waals surface area (Å²) >= 11 is 3.12. The van der Waals surface area contributed by atoms with E-state index in [0.29, 0.717) is 29.0 Å². The number of nitrogens with zero attached hydrogens (tertiary/aromatic N) is 1. The van der Waals surface area contributed by atoms with Gasteiger partial charge < -0.3 is 14.4 Å². The Morgan fingerprint density at radius 3 is 2.67 bits per heavy atom. The predicted molar refractivity (Wildman–Crippen MR) is 105 cm³/mol. The molecule has 0 spiro atoms. The molecule has 3 rings (SSSR count). The van der Waals surface area contributed by atoms with Gasteiger partial charge in [-0.15, -0.1) is 0 Å². The first-order valence-electron chi connectivity index (χ1n) is 8.20. The van der Waals surface area contributed by atoms with Crippen LogP contribution in [0.1, 0.15) is 5.56 Å². The largest absolute Gasteiger partial charge is 0.496 e. The first-order chi connectivity index (χ1) is 12.7. The van der Waals surface area contributed by atoms with Gasteiger partial charge >= 0.3 is 0 Å². The molecule has 6 nitrogen and oxygen atoms in total. The number of hydrogen-bond donors (Lipinski definition) is 1. The van der Waals surface area contributed by atoms with Crippen LogP contribution in [0.25, 0.3) is 0 Å². The average Bonchev–Trinajstić information content (AvgIpc) is 2.60. The van der Waals surface area contributed by atoms with Gasteiger partial charge in [0.05, 0.1) is 12.8 Å². The number of halogens is 2. The number of sulfonamides is 1. The fraction of sp³-hybridized carbons (Fsp3) is 0.333. The van der Waals surface area contributed by atoms with Crippen LogP contribution in [0.4, 0.5) is 10.1 Å². The summed E-state index contributed by atoms with van der Waals surface area (Å²) in [5.41, 5.74) is 1.03. The number of benzene rings is 2. The Hall–Kier alpha value is -1.84. The molecule has 0 radical (unpaired) electrons. The second kappa shape index (κ2) is 7.65. The molecule has 1 N–H and O–H groups in total. The quantitative estimate of drug-likeness (QED) is 0.744. The smallest absolute Gasteiger partial charge is 0.264 e. The molecule has 0 aromatic heterocycles.